The van der Waals surface area contributed by atoms with Crippen molar-refractivity contribution in [1.82, 2.24) is 9.97 Å². The number of nitrogens with one attached hydrogen (secondary N) is 1. The number of carbonyl (C=O) groups excluding carboxylic acids is 2. The third kappa shape index (κ3) is 4.51. The molecular formula is C20H17N3O3. The summed E-state index contributed by atoms with van der Waals surface area (Å²) in [6, 6.07) is 13.4. The summed E-state index contributed by atoms with van der Waals surface area (Å²) in [5, 5.41) is 4.85. The molecule has 0 aliphatic rings. The second-order valence-electron chi connectivity index (χ2n) is 5.59. The maximum atomic E-state index is 12.2. The van der Waals surface area contributed by atoms with E-state index in [1.807, 2.05) is 42.5 Å². The van der Waals surface area contributed by atoms with Crippen molar-refractivity contribution in [3.63, 3.8) is 0 Å². The fourth-order valence-electron chi connectivity index (χ4n) is 2.33. The Balaban J connectivity index is 1.58. The predicted octanol–water partition coefficient (Wildman–Crippen LogP) is 3.21. The van der Waals surface area contributed by atoms with Crippen molar-refractivity contribution in [3.8, 4) is 0 Å². The number of fused-ring (bicyclic) bond motifs is 1. The second kappa shape index (κ2) is 8.02. The van der Waals surface area contributed by atoms with E-state index in [0.717, 1.165) is 10.8 Å². The van der Waals surface area contributed by atoms with Crippen LogP contribution in [0.2, 0.25) is 0 Å². The molecule has 0 bridgehead atoms. The molecule has 1 atom stereocenters. The Kier molecular flexibility index (Phi) is 5.34. The van der Waals surface area contributed by atoms with Crippen molar-refractivity contribution in [1.29, 1.82) is 0 Å². The van der Waals surface area contributed by atoms with Crippen molar-refractivity contribution in [3.05, 3.63) is 72.8 Å². The number of rotatable bonds is 5. The number of anilines is 1. The summed E-state index contributed by atoms with van der Waals surface area (Å²) in [5.74, 6) is -1.03. The van der Waals surface area contributed by atoms with Crippen LogP contribution in [0.25, 0.3) is 16.8 Å². The molecule has 26 heavy (non-hydrogen) atoms. The molecule has 0 radical (unpaired) electrons. The quantitative estimate of drug-likeness (QED) is 0.566. The Hall–Kier alpha value is -3.54. The third-order valence-electron chi connectivity index (χ3n) is 3.65. The Morgan fingerprint density at radius 3 is 2.69 bits per heavy atom. The SMILES string of the molecule is C[C@H](OC(=O)/C=C\c1cnccn1)C(=O)Nc1ccc2ccccc2c1. The number of nitrogens with zero attached hydrogens (tertiary/aromatic N) is 2. The summed E-state index contributed by atoms with van der Waals surface area (Å²) in [6.45, 7) is 1.52. The smallest absolute Gasteiger partial charge is 0.331 e. The van der Waals surface area contributed by atoms with E-state index in [0.29, 0.717) is 11.4 Å². The predicted molar refractivity (Wildman–Crippen MR) is 99.2 cm³/mol. The molecule has 0 saturated carbocycles. The first-order valence-corrected chi connectivity index (χ1v) is 8.06. The summed E-state index contributed by atoms with van der Waals surface area (Å²) in [6.07, 6.45) is 6.33. The van der Waals surface area contributed by atoms with Crippen LogP contribution in [0.3, 0.4) is 0 Å². The van der Waals surface area contributed by atoms with Crippen LogP contribution in [-0.4, -0.2) is 27.9 Å². The lowest BCUT2D eigenvalue weighted by Gasteiger charge is -2.12. The lowest BCUT2D eigenvalue weighted by atomic mass is 10.1. The molecule has 130 valence electrons. The molecule has 0 saturated heterocycles. The van der Waals surface area contributed by atoms with Crippen LogP contribution < -0.4 is 5.32 Å². The number of esters is 1. The average molecular weight is 347 g/mol. The molecule has 1 N–H and O–H groups in total. The van der Waals surface area contributed by atoms with Crippen molar-refractivity contribution in [2.24, 2.45) is 0 Å². The van der Waals surface area contributed by atoms with Gasteiger partial charge in [-0.05, 0) is 35.9 Å². The molecule has 0 aliphatic heterocycles. The first-order chi connectivity index (χ1) is 12.6. The van der Waals surface area contributed by atoms with Gasteiger partial charge in [0.15, 0.2) is 6.10 Å². The zero-order valence-corrected chi connectivity index (χ0v) is 14.1. The van der Waals surface area contributed by atoms with E-state index in [9.17, 15) is 9.59 Å². The minimum Gasteiger partial charge on any atom is -0.449 e. The second-order valence-corrected chi connectivity index (χ2v) is 5.59. The highest BCUT2D eigenvalue weighted by atomic mass is 16.5. The molecule has 2 aromatic carbocycles. The highest BCUT2D eigenvalue weighted by molar-refractivity contribution is 5.98. The van der Waals surface area contributed by atoms with E-state index in [1.165, 1.54) is 37.7 Å². The lowest BCUT2D eigenvalue weighted by Crippen LogP contribution is -2.29. The van der Waals surface area contributed by atoms with Gasteiger partial charge in [0.2, 0.25) is 0 Å². The van der Waals surface area contributed by atoms with Crippen LogP contribution in [0.4, 0.5) is 5.69 Å². The van der Waals surface area contributed by atoms with Gasteiger partial charge in [0.25, 0.3) is 5.91 Å². The normalized spacial score (nSPS) is 12.0. The largest absolute Gasteiger partial charge is 0.449 e. The number of benzene rings is 2. The summed E-state index contributed by atoms with van der Waals surface area (Å²) < 4.78 is 5.11. The van der Waals surface area contributed by atoms with Crippen LogP contribution in [0, 0.1) is 0 Å². The minimum atomic E-state index is -0.930. The van der Waals surface area contributed by atoms with Crippen molar-refractivity contribution in [2.45, 2.75) is 13.0 Å². The van der Waals surface area contributed by atoms with Crippen molar-refractivity contribution in [2.75, 3.05) is 5.32 Å². The summed E-state index contributed by atoms with van der Waals surface area (Å²) >= 11 is 0. The van der Waals surface area contributed by atoms with E-state index in [2.05, 4.69) is 15.3 Å². The highest BCUT2D eigenvalue weighted by Gasteiger charge is 2.16. The van der Waals surface area contributed by atoms with E-state index in [1.54, 1.807) is 0 Å². The molecule has 1 amide bonds. The Labute approximate surface area is 150 Å². The summed E-state index contributed by atoms with van der Waals surface area (Å²) in [7, 11) is 0. The maximum Gasteiger partial charge on any atom is 0.331 e. The number of carbonyl (C=O) groups is 2. The Bertz CT molecular complexity index is 955. The minimum absolute atomic E-state index is 0.401. The van der Waals surface area contributed by atoms with Crippen LogP contribution >= 0.6 is 0 Å². The number of hydrogen-bond acceptors (Lipinski definition) is 5. The van der Waals surface area contributed by atoms with E-state index < -0.39 is 18.0 Å². The van der Waals surface area contributed by atoms with Gasteiger partial charge in [-0.1, -0.05) is 30.3 Å². The van der Waals surface area contributed by atoms with Gasteiger partial charge in [-0.15, -0.1) is 0 Å². The molecule has 0 unspecified atom stereocenters. The molecule has 1 aromatic heterocycles. The zero-order chi connectivity index (χ0) is 18.4. The molecule has 0 spiro atoms. The van der Waals surface area contributed by atoms with Crippen LogP contribution in [0.15, 0.2) is 67.1 Å². The van der Waals surface area contributed by atoms with Crippen molar-refractivity contribution < 1.29 is 14.3 Å². The van der Waals surface area contributed by atoms with E-state index >= 15 is 0 Å². The Morgan fingerprint density at radius 1 is 1.12 bits per heavy atom. The van der Waals surface area contributed by atoms with Gasteiger partial charge in [-0.25, -0.2) is 4.79 Å². The molecule has 3 aromatic rings. The monoisotopic (exact) mass is 347 g/mol. The molecule has 6 nitrogen and oxygen atoms in total. The lowest BCUT2D eigenvalue weighted by molar-refractivity contribution is -0.148. The topological polar surface area (TPSA) is 81.2 Å². The van der Waals surface area contributed by atoms with Crippen molar-refractivity contribution >= 4 is 34.4 Å². The molecule has 0 aliphatic carbocycles. The summed E-state index contributed by atoms with van der Waals surface area (Å²) in [5.41, 5.74) is 1.17. The molecular weight excluding hydrogens is 330 g/mol. The maximum absolute atomic E-state index is 12.2. The molecule has 1 heterocycles. The van der Waals surface area contributed by atoms with Gasteiger partial charge < -0.3 is 10.1 Å². The van der Waals surface area contributed by atoms with E-state index in [-0.39, 0.29) is 0 Å². The molecule has 6 heteroatoms. The van der Waals surface area contributed by atoms with Gasteiger partial charge in [-0.2, -0.15) is 0 Å². The number of aromatic nitrogens is 2. The van der Waals surface area contributed by atoms with Gasteiger partial charge >= 0.3 is 5.97 Å². The highest BCUT2D eigenvalue weighted by Crippen LogP contribution is 2.19. The van der Waals surface area contributed by atoms with Crippen LogP contribution in [0.1, 0.15) is 12.6 Å². The fourth-order valence-corrected chi connectivity index (χ4v) is 2.33. The fraction of sp³-hybridized carbons (Fsp3) is 0.100. The first-order valence-electron chi connectivity index (χ1n) is 8.06. The van der Waals surface area contributed by atoms with Gasteiger partial charge in [-0.3, -0.25) is 14.8 Å². The van der Waals surface area contributed by atoms with Gasteiger partial charge in [0.1, 0.15) is 0 Å². The molecule has 3 rings (SSSR count). The van der Waals surface area contributed by atoms with Gasteiger partial charge in [0.05, 0.1) is 11.9 Å². The van der Waals surface area contributed by atoms with Crippen LogP contribution in [0.5, 0.6) is 0 Å². The van der Waals surface area contributed by atoms with E-state index in [4.69, 9.17) is 4.74 Å². The number of hydrogen-bond donors (Lipinski definition) is 1. The standard InChI is InChI=1S/C20H17N3O3/c1-14(26-19(24)9-8-18-13-21-10-11-22-18)20(25)23-17-7-6-15-4-2-3-5-16(15)12-17/h2-14H,1H3,(H,23,25)/b9-8-/t14-/m0/s1. The Morgan fingerprint density at radius 2 is 1.92 bits per heavy atom. The average Bonchev–Trinajstić information content (AvgIpc) is 2.67. The van der Waals surface area contributed by atoms with Gasteiger partial charge in [0, 0.05) is 24.2 Å². The van der Waals surface area contributed by atoms with Crippen LogP contribution in [-0.2, 0) is 14.3 Å². The first kappa shape index (κ1) is 17.3. The number of ether oxygens (including phenoxy) is 1. The molecule has 0 fully saturated rings. The third-order valence-corrected chi connectivity index (χ3v) is 3.65. The summed E-state index contributed by atoms with van der Waals surface area (Å²) in [4.78, 5) is 31.9. The number of amides is 1. The zero-order valence-electron chi connectivity index (χ0n) is 14.1.